The van der Waals surface area contributed by atoms with Crippen molar-refractivity contribution in [3.63, 3.8) is 0 Å². The molecule has 0 aliphatic carbocycles. The van der Waals surface area contributed by atoms with Gasteiger partial charge in [-0.05, 0) is 82.2 Å². The Morgan fingerprint density at radius 1 is 0.373 bits per heavy atom. The summed E-state index contributed by atoms with van der Waals surface area (Å²) in [6.45, 7) is 0. The first-order valence-corrected chi connectivity index (χ1v) is 19.3. The summed E-state index contributed by atoms with van der Waals surface area (Å²) in [4.78, 5) is 2.40. The van der Waals surface area contributed by atoms with E-state index in [0.29, 0.717) is 0 Å². The highest BCUT2D eigenvalue weighted by Crippen LogP contribution is 2.49. The fraction of sp³-hybridized carbons (Fsp3) is 0. The van der Waals surface area contributed by atoms with Gasteiger partial charge in [-0.3, -0.25) is 4.90 Å². The molecule has 7 aromatic carbocycles. The van der Waals surface area contributed by atoms with E-state index >= 15 is 0 Å². The second-order valence-electron chi connectivity index (χ2n) is 13.5. The van der Waals surface area contributed by atoms with Crippen molar-refractivity contribution >= 4 is 79.7 Å². The number of hydrogen-bond acceptors (Lipinski definition) is 3. The van der Waals surface area contributed by atoms with Crippen molar-refractivity contribution in [2.75, 3.05) is 4.90 Å². The molecular formula is C44H28N6Si. The molecule has 6 nitrogen and oxygen atoms in total. The molecule has 0 radical (unpaired) electrons. The predicted molar refractivity (Wildman–Crippen MR) is 210 cm³/mol. The van der Waals surface area contributed by atoms with Gasteiger partial charge in [-0.15, -0.1) is 0 Å². The number of fused-ring (bicyclic) bond motifs is 16. The fourth-order valence-electron chi connectivity index (χ4n) is 8.95. The van der Waals surface area contributed by atoms with Crippen molar-refractivity contribution in [1.29, 1.82) is 0 Å². The molecule has 0 saturated heterocycles. The minimum absolute atomic E-state index is 0.975. The molecular weight excluding hydrogens is 641 g/mol. The molecule has 12 rings (SSSR count). The van der Waals surface area contributed by atoms with Crippen molar-refractivity contribution in [1.82, 2.24) is 23.5 Å². The van der Waals surface area contributed by atoms with Gasteiger partial charge in [-0.25, -0.2) is 8.69 Å². The average molecular weight is 669 g/mol. The topological polar surface area (TPSA) is 43.8 Å². The number of benzene rings is 7. The van der Waals surface area contributed by atoms with E-state index in [2.05, 4.69) is 188 Å². The second-order valence-corrected chi connectivity index (χ2v) is 16.8. The van der Waals surface area contributed by atoms with Crippen molar-refractivity contribution in [2.24, 2.45) is 0 Å². The number of nitrogens with zero attached hydrogens (tertiary/aromatic N) is 6. The second kappa shape index (κ2) is 9.71. The zero-order valence-electron chi connectivity index (χ0n) is 27.3. The Morgan fingerprint density at radius 3 is 1.31 bits per heavy atom. The Balaban J connectivity index is 1.17. The van der Waals surface area contributed by atoms with Crippen molar-refractivity contribution < 1.29 is 0 Å². The van der Waals surface area contributed by atoms with Crippen LogP contribution < -0.4 is 15.3 Å². The van der Waals surface area contributed by atoms with Crippen LogP contribution in [0.1, 0.15) is 0 Å². The van der Waals surface area contributed by atoms with Crippen LogP contribution in [-0.4, -0.2) is 31.9 Å². The lowest BCUT2D eigenvalue weighted by Gasteiger charge is -2.41. The van der Waals surface area contributed by atoms with Gasteiger partial charge in [0.25, 0.3) is 0 Å². The average Bonchev–Trinajstić information content (AvgIpc) is 3.94. The maximum absolute atomic E-state index is 5.53. The molecule has 1 spiro atoms. The van der Waals surface area contributed by atoms with Crippen LogP contribution >= 0.6 is 0 Å². The summed E-state index contributed by atoms with van der Waals surface area (Å²) < 4.78 is 7.13. The highest BCUT2D eigenvalue weighted by molar-refractivity contribution is 7.03. The lowest BCUT2D eigenvalue weighted by Crippen LogP contribution is -2.70. The molecule has 0 atom stereocenters. The molecule has 2 aliphatic rings. The third-order valence-electron chi connectivity index (χ3n) is 11.0. The Kier molecular flexibility index (Phi) is 5.17. The standard InChI is InChI=1S/C44H28N6Si/c1-7-19-37-35(17-1)43-48(30-27-25-29(26-28-30)47-39-21-9-3-13-31(39)32-14-4-10-22-40(32)47)44-36-18-2-8-20-38(36)46-50(44)51(49(43)45-37)41-23-11-5-15-33(41)34-16-6-12-24-42(34)51/h1-28H. The molecule has 2 aliphatic heterocycles. The first-order valence-electron chi connectivity index (χ1n) is 17.4. The van der Waals surface area contributed by atoms with E-state index in [1.165, 1.54) is 43.3 Å². The molecule has 0 fully saturated rings. The first kappa shape index (κ1) is 27.2. The summed E-state index contributed by atoms with van der Waals surface area (Å²) >= 11 is 0. The normalized spacial score (nSPS) is 14.0. The Morgan fingerprint density at radius 2 is 0.784 bits per heavy atom. The molecule has 10 aromatic rings. The number of anilines is 3. The number of hydrogen-bond donors (Lipinski definition) is 0. The summed E-state index contributed by atoms with van der Waals surface area (Å²) in [5.74, 6) is 2.15. The summed E-state index contributed by atoms with van der Waals surface area (Å²) in [5.41, 5.74) is 9.05. The fourth-order valence-corrected chi connectivity index (χ4v) is 13.7. The van der Waals surface area contributed by atoms with E-state index in [1.807, 2.05) is 0 Å². The Bertz CT molecular complexity index is 2870. The van der Waals surface area contributed by atoms with Crippen LogP contribution in [0.25, 0.3) is 60.4 Å². The quantitative estimate of drug-likeness (QED) is 0.173. The Hall–Kier alpha value is -6.70. The van der Waals surface area contributed by atoms with E-state index in [1.54, 1.807) is 0 Å². The van der Waals surface area contributed by atoms with Crippen molar-refractivity contribution in [3.05, 3.63) is 170 Å². The lowest BCUT2D eigenvalue weighted by molar-refractivity contribution is 0.819. The van der Waals surface area contributed by atoms with Gasteiger partial charge in [0, 0.05) is 32.9 Å². The van der Waals surface area contributed by atoms with E-state index in [4.69, 9.17) is 10.2 Å². The third kappa shape index (κ3) is 3.31. The highest BCUT2D eigenvalue weighted by atomic mass is 28.3. The summed E-state index contributed by atoms with van der Waals surface area (Å²) in [6, 6.07) is 61.3. The predicted octanol–water partition coefficient (Wildman–Crippen LogP) is 8.90. The molecule has 0 bridgehead atoms. The van der Waals surface area contributed by atoms with E-state index < -0.39 is 8.40 Å². The van der Waals surface area contributed by atoms with E-state index in [-0.39, 0.29) is 0 Å². The van der Waals surface area contributed by atoms with Crippen LogP contribution in [-0.2, 0) is 0 Å². The molecule has 0 saturated carbocycles. The number of rotatable bonds is 2. The molecule has 238 valence electrons. The number of para-hydroxylation sites is 2. The summed E-state index contributed by atoms with van der Waals surface area (Å²) in [5, 5.41) is 18.4. The SMILES string of the molecule is c1ccc2c(c1)-c1ccccc1[Si]21n2nc3ccccc3c2N(c2ccc(-n3c4ccccc4c4ccccc43)cc2)c2c3ccccc3nn21. The van der Waals surface area contributed by atoms with E-state index in [9.17, 15) is 0 Å². The van der Waals surface area contributed by atoms with Crippen LogP contribution in [0.3, 0.4) is 0 Å². The smallest absolute Gasteiger partial charge is 0.309 e. The van der Waals surface area contributed by atoms with Crippen LogP contribution in [0.5, 0.6) is 0 Å². The van der Waals surface area contributed by atoms with Gasteiger partial charge in [0.1, 0.15) is 11.6 Å². The first-order chi connectivity index (χ1) is 25.3. The molecule has 0 N–H and O–H groups in total. The van der Waals surface area contributed by atoms with Gasteiger partial charge >= 0.3 is 8.40 Å². The molecule has 51 heavy (non-hydrogen) atoms. The van der Waals surface area contributed by atoms with Crippen LogP contribution in [0.4, 0.5) is 17.3 Å². The zero-order valence-corrected chi connectivity index (χ0v) is 28.3. The highest BCUT2D eigenvalue weighted by Gasteiger charge is 2.58. The summed E-state index contributed by atoms with van der Waals surface area (Å²) in [6.07, 6.45) is 0. The monoisotopic (exact) mass is 668 g/mol. The molecule has 3 aromatic heterocycles. The zero-order chi connectivity index (χ0) is 33.3. The molecule has 5 heterocycles. The van der Waals surface area contributed by atoms with Gasteiger partial charge in [-0.1, -0.05) is 109 Å². The molecule has 7 heteroatoms. The van der Waals surface area contributed by atoms with Gasteiger partial charge in [-0.2, -0.15) is 10.2 Å². The maximum atomic E-state index is 5.53. The van der Waals surface area contributed by atoms with Crippen molar-refractivity contribution in [3.8, 4) is 16.8 Å². The van der Waals surface area contributed by atoms with Crippen molar-refractivity contribution in [2.45, 2.75) is 0 Å². The molecule has 0 unspecified atom stereocenters. The minimum Gasteiger partial charge on any atom is -0.309 e. The summed E-state index contributed by atoms with van der Waals surface area (Å²) in [7, 11) is -3.09. The third-order valence-corrected chi connectivity index (χ3v) is 15.2. The Labute approximate surface area is 293 Å². The van der Waals surface area contributed by atoms with Gasteiger partial charge in [0.05, 0.1) is 22.1 Å². The van der Waals surface area contributed by atoms with Crippen LogP contribution in [0.2, 0.25) is 0 Å². The van der Waals surface area contributed by atoms with Gasteiger partial charge < -0.3 is 4.57 Å². The van der Waals surface area contributed by atoms with Crippen LogP contribution in [0, 0.1) is 0 Å². The molecule has 0 amide bonds. The largest absolute Gasteiger partial charge is 0.378 e. The van der Waals surface area contributed by atoms with Gasteiger partial charge in [0.15, 0.2) is 0 Å². The maximum Gasteiger partial charge on any atom is 0.378 e. The lowest BCUT2D eigenvalue weighted by atomic mass is 10.1. The number of aromatic nitrogens is 5. The van der Waals surface area contributed by atoms with Crippen LogP contribution in [0.15, 0.2) is 170 Å². The van der Waals surface area contributed by atoms with E-state index in [0.717, 1.165) is 44.8 Å². The van der Waals surface area contributed by atoms with Gasteiger partial charge in [0.2, 0.25) is 0 Å². The minimum atomic E-state index is -3.09.